The van der Waals surface area contributed by atoms with Gasteiger partial charge in [-0.05, 0) is 117 Å². The Kier molecular flexibility index (Phi) is 14.3. The van der Waals surface area contributed by atoms with Crippen LogP contribution in [-0.4, -0.2) is 131 Å². The first-order valence-electron chi connectivity index (χ1n) is 25.1. The summed E-state index contributed by atoms with van der Waals surface area (Å²) >= 11 is 0. The molecular weight excluding hydrogens is 987 g/mol. The maximum atomic E-state index is 14.3. The SMILES string of the molecule is CC(O)CNc1cccc(CC2=CC3(O)C(Oc4cc5oc(-c6ccc(OC(CO)C(O)c7ccc(N)[nH]7)cc6)cc(=O)c5c(O)c4OC4(c5cccc(O)c5)CCCC4)OC(C(=O)O)C(O)(C2C2CNCN2)C3O)c1. The van der Waals surface area contributed by atoms with Gasteiger partial charge in [0.2, 0.25) is 12.0 Å². The minimum Gasteiger partial charge on any atom is -0.508 e. The number of nitrogen functional groups attached to an aromatic ring is 1. The van der Waals surface area contributed by atoms with Crippen LogP contribution in [0.2, 0.25) is 0 Å². The van der Waals surface area contributed by atoms with Gasteiger partial charge < -0.3 is 90.7 Å². The third-order valence-corrected chi connectivity index (χ3v) is 14.9. The molecule has 2 aliphatic carbocycles. The van der Waals surface area contributed by atoms with Gasteiger partial charge in [0.25, 0.3) is 0 Å². The summed E-state index contributed by atoms with van der Waals surface area (Å²) < 4.78 is 31.7. The Hall–Kier alpha value is -7.18. The fourth-order valence-corrected chi connectivity index (χ4v) is 11.3. The highest BCUT2D eigenvalue weighted by molar-refractivity contribution is 5.90. The first-order chi connectivity index (χ1) is 36.4. The molecule has 2 aliphatic heterocycles. The number of ether oxygens (including phenoxy) is 4. The van der Waals surface area contributed by atoms with Crippen LogP contribution < -0.4 is 41.3 Å². The third kappa shape index (κ3) is 9.69. The summed E-state index contributed by atoms with van der Waals surface area (Å²) in [6, 6.07) is 24.6. The minimum absolute atomic E-state index is 0.000666. The number of benzene rings is 4. The Morgan fingerprint density at radius 3 is 2.41 bits per heavy atom. The molecule has 4 heterocycles. The van der Waals surface area contributed by atoms with Crippen LogP contribution in [0.3, 0.4) is 0 Å². The number of aromatic nitrogens is 1. The Morgan fingerprint density at radius 2 is 1.74 bits per heavy atom. The number of aromatic hydroxyl groups is 2. The summed E-state index contributed by atoms with van der Waals surface area (Å²) in [6.07, 6.45) is -6.26. The van der Waals surface area contributed by atoms with Crippen molar-refractivity contribution in [3.05, 3.63) is 136 Å². The van der Waals surface area contributed by atoms with Crippen molar-refractivity contribution in [2.75, 3.05) is 37.4 Å². The van der Waals surface area contributed by atoms with Gasteiger partial charge in [0.05, 0.1) is 12.7 Å². The molecule has 0 amide bonds. The molecule has 21 heteroatoms. The largest absolute Gasteiger partial charge is 0.508 e. The number of rotatable bonds is 18. The molecule has 76 heavy (non-hydrogen) atoms. The molecule has 1 saturated carbocycles. The molecule has 10 atom stereocenters. The fraction of sp³-hybridized carbons (Fsp3) is 0.382. The average Bonchev–Trinajstić information content (AvgIpc) is 4.29. The predicted molar refractivity (Wildman–Crippen MR) is 275 cm³/mol. The van der Waals surface area contributed by atoms with Gasteiger partial charge in [-0.25, -0.2) is 4.79 Å². The van der Waals surface area contributed by atoms with Crippen molar-refractivity contribution in [1.29, 1.82) is 0 Å². The van der Waals surface area contributed by atoms with Gasteiger partial charge in [-0.2, -0.15) is 0 Å². The van der Waals surface area contributed by atoms with E-state index in [4.69, 9.17) is 29.1 Å². The van der Waals surface area contributed by atoms with Crippen LogP contribution in [0.4, 0.5) is 11.5 Å². The number of nitrogens with one attached hydrogen (secondary N) is 4. The molecule has 3 fully saturated rings. The molecule has 0 radical (unpaired) electrons. The number of fused-ring (bicyclic) bond motifs is 3. The van der Waals surface area contributed by atoms with Crippen molar-refractivity contribution < 1.29 is 74.1 Å². The quantitative estimate of drug-likeness (QED) is 0.0550. The molecule has 10 rings (SSSR count). The van der Waals surface area contributed by atoms with E-state index >= 15 is 0 Å². The lowest BCUT2D eigenvalue weighted by atomic mass is 9.59. The van der Waals surface area contributed by atoms with Crippen LogP contribution >= 0.6 is 0 Å². The summed E-state index contributed by atoms with van der Waals surface area (Å²) in [6.45, 7) is 1.88. The van der Waals surface area contributed by atoms with Crippen LogP contribution in [0.1, 0.15) is 55.5 Å². The van der Waals surface area contributed by atoms with Gasteiger partial charge >= 0.3 is 5.97 Å². The zero-order valence-electron chi connectivity index (χ0n) is 41.3. The molecule has 21 nitrogen and oxygen atoms in total. The number of carbonyl (C=O) groups is 1. The van der Waals surface area contributed by atoms with Gasteiger partial charge in [0.1, 0.15) is 57.5 Å². The number of aromatic amines is 1. The molecule has 15 N–H and O–H groups in total. The number of nitrogens with two attached hydrogens (primary N) is 1. The Bertz CT molecular complexity index is 3190. The van der Waals surface area contributed by atoms with Crippen molar-refractivity contribution in [2.24, 2.45) is 5.92 Å². The predicted octanol–water partition coefficient (Wildman–Crippen LogP) is 3.22. The number of phenols is 2. The van der Waals surface area contributed by atoms with Crippen LogP contribution in [0.25, 0.3) is 22.3 Å². The zero-order chi connectivity index (χ0) is 53.7. The minimum atomic E-state index is -2.72. The zero-order valence-corrected chi connectivity index (χ0v) is 41.3. The van der Waals surface area contributed by atoms with E-state index in [-0.39, 0.29) is 47.7 Å². The molecule has 4 aromatic carbocycles. The van der Waals surface area contributed by atoms with Crippen molar-refractivity contribution in [3.8, 4) is 40.1 Å². The topological polar surface area (TPSA) is 344 Å². The van der Waals surface area contributed by atoms with Crippen molar-refractivity contribution in [1.82, 2.24) is 15.6 Å². The van der Waals surface area contributed by atoms with Gasteiger partial charge in [-0.3, -0.25) is 10.1 Å². The van der Waals surface area contributed by atoms with Crippen molar-refractivity contribution >= 4 is 28.4 Å². The van der Waals surface area contributed by atoms with Crippen LogP contribution in [-0.2, 0) is 21.6 Å². The molecule has 2 bridgehead atoms. The Morgan fingerprint density at radius 1 is 0.974 bits per heavy atom. The Balaban J connectivity index is 1.08. The number of hydrogen-bond acceptors (Lipinski definition) is 19. The van der Waals surface area contributed by atoms with E-state index in [1.54, 1.807) is 61.5 Å². The number of H-pyrrole nitrogens is 1. The molecule has 402 valence electrons. The monoisotopic (exact) mass is 1050 g/mol. The number of hydrogen-bond donors (Lipinski definition) is 14. The summed E-state index contributed by atoms with van der Waals surface area (Å²) in [5.41, 5.74) is 1.03. The van der Waals surface area contributed by atoms with E-state index in [0.717, 1.165) is 6.07 Å². The van der Waals surface area contributed by atoms with E-state index in [2.05, 4.69) is 20.9 Å². The van der Waals surface area contributed by atoms with Crippen LogP contribution in [0, 0.1) is 5.92 Å². The maximum Gasteiger partial charge on any atom is 0.336 e. The highest BCUT2D eigenvalue weighted by atomic mass is 16.7. The van der Waals surface area contributed by atoms with Crippen molar-refractivity contribution in [2.45, 2.75) is 98.7 Å². The Labute approximate surface area is 434 Å². The maximum absolute atomic E-state index is 14.3. The summed E-state index contributed by atoms with van der Waals surface area (Å²) in [5, 5.41) is 112. The van der Waals surface area contributed by atoms with E-state index in [1.165, 1.54) is 36.4 Å². The average molecular weight is 1050 g/mol. The highest BCUT2D eigenvalue weighted by Gasteiger charge is 2.71. The lowest BCUT2D eigenvalue weighted by Gasteiger charge is -2.58. The van der Waals surface area contributed by atoms with Gasteiger partial charge in [-0.1, -0.05) is 29.8 Å². The molecule has 4 aliphatic rings. The molecule has 10 unspecified atom stereocenters. The number of aliphatic carboxylic acids is 1. The number of phenolic OH excluding ortho intramolecular Hbond substituents is 2. The summed E-state index contributed by atoms with van der Waals surface area (Å²) in [7, 11) is 0. The third-order valence-electron chi connectivity index (χ3n) is 14.9. The second-order valence-corrected chi connectivity index (χ2v) is 20.2. The molecular formula is C55H61N5O16. The van der Waals surface area contributed by atoms with Gasteiger partial charge in [0, 0.05) is 60.8 Å². The molecule has 0 spiro atoms. The van der Waals surface area contributed by atoms with E-state index in [1.807, 2.05) is 6.07 Å². The van der Waals surface area contributed by atoms with E-state index in [0.29, 0.717) is 71.8 Å². The molecule has 2 aromatic heterocycles. The number of anilines is 2. The standard InChI is InChI=1S/C55H61N5O16/c1-28(62)24-58-33-8-4-6-29(19-33)18-31-23-54(70)51(69)55(71,45(31)37-25-57-27-59-37)49(50(67)68)75-52(54)74-41-22-40-44(47(66)48(41)76-53(16-2-3-17-53)32-7-5-9-34(63)20-32)38(64)21-39(73-40)30-10-12-35(13-11-30)72-42(26-61)46(65)36-14-15-43(56)60-36/h4-15,19-23,28,37,42,45-46,49,51-52,57-63,65-66,69-71H,2-3,16-18,24-27,56H2,1H3,(H,67,68). The lowest BCUT2D eigenvalue weighted by molar-refractivity contribution is -0.344. The summed E-state index contributed by atoms with van der Waals surface area (Å²) in [4.78, 5) is 30.5. The van der Waals surface area contributed by atoms with Crippen molar-refractivity contribution in [3.63, 3.8) is 0 Å². The fourth-order valence-electron chi connectivity index (χ4n) is 11.3. The number of carboxylic acids is 1. The molecule has 2 saturated heterocycles. The lowest BCUT2D eigenvalue weighted by Crippen LogP contribution is -2.79. The van der Waals surface area contributed by atoms with E-state index < -0.39 is 101 Å². The molecule has 6 aromatic rings. The van der Waals surface area contributed by atoms with E-state index in [9.17, 15) is 55.5 Å². The number of aliphatic hydroxyl groups excluding tert-OH is 4. The smallest absolute Gasteiger partial charge is 0.336 e. The summed E-state index contributed by atoms with van der Waals surface area (Å²) in [5.74, 6) is -3.96. The number of aliphatic hydroxyl groups is 6. The first kappa shape index (κ1) is 52.3. The highest BCUT2D eigenvalue weighted by Crippen LogP contribution is 2.54. The first-order valence-corrected chi connectivity index (χ1v) is 25.1. The van der Waals surface area contributed by atoms with Gasteiger partial charge in [0.15, 0.2) is 34.7 Å². The second-order valence-electron chi connectivity index (χ2n) is 20.2. The van der Waals surface area contributed by atoms with Crippen LogP contribution in [0.15, 0.2) is 118 Å². The normalized spacial score (nSPS) is 26.1. The second kappa shape index (κ2) is 20.7. The van der Waals surface area contributed by atoms with Gasteiger partial charge in [-0.15, -0.1) is 0 Å². The number of carboxylic acid groups (broad SMARTS) is 1. The van der Waals surface area contributed by atoms with Crippen LogP contribution in [0.5, 0.6) is 28.7 Å².